The molecule has 3 N–H and O–H groups in total. The Bertz CT molecular complexity index is 1060. The van der Waals surface area contributed by atoms with Gasteiger partial charge in [0.1, 0.15) is 6.54 Å². The summed E-state index contributed by atoms with van der Waals surface area (Å²) in [5.74, 6) is -1.45. The van der Waals surface area contributed by atoms with Crippen LogP contribution >= 0.6 is 0 Å². The van der Waals surface area contributed by atoms with Gasteiger partial charge in [0.2, 0.25) is 5.82 Å². The number of hydrogen-bond acceptors (Lipinski definition) is 7. The Morgan fingerprint density at radius 2 is 1.97 bits per heavy atom. The van der Waals surface area contributed by atoms with Crippen molar-refractivity contribution in [1.29, 1.82) is 0 Å². The van der Waals surface area contributed by atoms with Crippen LogP contribution in [0.2, 0.25) is 0 Å². The van der Waals surface area contributed by atoms with Crippen LogP contribution in [0.4, 0.5) is 13.2 Å². The molecule has 0 aliphatic heterocycles. The average Bonchev–Trinajstić information content (AvgIpc) is 3.13. The first-order valence-electron chi connectivity index (χ1n) is 8.02. The van der Waals surface area contributed by atoms with Gasteiger partial charge in [-0.1, -0.05) is 18.2 Å². The fraction of sp³-hybridized carbons (Fsp3) is 0.118. The quantitative estimate of drug-likeness (QED) is 0.338. The Labute approximate surface area is 161 Å². The highest BCUT2D eigenvalue weighted by Gasteiger charge is 2.30. The molecule has 0 unspecified atom stereocenters. The third-order valence-corrected chi connectivity index (χ3v) is 3.62. The molecule has 1 heterocycles. The summed E-state index contributed by atoms with van der Waals surface area (Å²) >= 11 is 0. The lowest BCUT2D eigenvalue weighted by atomic mass is 10.1. The normalized spacial score (nSPS) is 11.7. The van der Waals surface area contributed by atoms with E-state index in [4.69, 9.17) is 0 Å². The molecule has 3 aromatic rings. The lowest BCUT2D eigenvalue weighted by Gasteiger charge is -2.06. The molecule has 3 rings (SSSR count). The highest BCUT2D eigenvalue weighted by atomic mass is 19.4. The minimum atomic E-state index is -4.51. The second-order valence-electron chi connectivity index (χ2n) is 5.73. The van der Waals surface area contributed by atoms with Crippen LogP contribution < -0.4 is 5.43 Å². The number of hydrazone groups is 1. The molecule has 0 aliphatic rings. The van der Waals surface area contributed by atoms with Gasteiger partial charge in [0.05, 0.1) is 11.8 Å². The summed E-state index contributed by atoms with van der Waals surface area (Å²) < 4.78 is 38.4. The number of nitrogens with zero attached hydrogens (tertiary/aromatic N) is 5. The smallest absolute Gasteiger partial charge is 0.416 e. The number of benzene rings is 2. The first-order valence-corrected chi connectivity index (χ1v) is 8.02. The molecule has 0 aliphatic carbocycles. The Morgan fingerprint density at radius 3 is 2.72 bits per heavy atom. The van der Waals surface area contributed by atoms with Crippen molar-refractivity contribution in [3.05, 3.63) is 53.6 Å². The fourth-order valence-electron chi connectivity index (χ4n) is 2.25. The third kappa shape index (κ3) is 4.86. The van der Waals surface area contributed by atoms with Crippen LogP contribution in [0.5, 0.6) is 11.5 Å². The molecule has 0 saturated carbocycles. The van der Waals surface area contributed by atoms with Gasteiger partial charge in [0.25, 0.3) is 5.91 Å². The molecule has 29 heavy (non-hydrogen) atoms. The zero-order valence-corrected chi connectivity index (χ0v) is 14.5. The van der Waals surface area contributed by atoms with Crippen molar-refractivity contribution in [3.8, 4) is 22.9 Å². The van der Waals surface area contributed by atoms with Gasteiger partial charge in [0, 0.05) is 11.1 Å². The maximum absolute atomic E-state index is 12.8. The number of carbonyl (C=O) groups is 1. The predicted octanol–water partition coefficient (Wildman–Crippen LogP) is 1.92. The molecule has 1 amide bonds. The van der Waals surface area contributed by atoms with Crippen LogP contribution in [0.25, 0.3) is 11.4 Å². The monoisotopic (exact) mass is 406 g/mol. The number of aromatic hydroxyl groups is 2. The van der Waals surface area contributed by atoms with E-state index >= 15 is 0 Å². The van der Waals surface area contributed by atoms with Crippen LogP contribution in [0.15, 0.2) is 47.6 Å². The summed E-state index contributed by atoms with van der Waals surface area (Å²) in [5.41, 5.74) is 1.59. The summed E-state index contributed by atoms with van der Waals surface area (Å²) in [6.45, 7) is -0.394. The van der Waals surface area contributed by atoms with Crippen LogP contribution in [-0.4, -0.2) is 42.5 Å². The highest BCUT2D eigenvalue weighted by molar-refractivity contribution is 5.86. The lowest BCUT2D eigenvalue weighted by molar-refractivity contribution is -0.137. The molecule has 0 saturated heterocycles. The minimum absolute atomic E-state index is 0.0721. The molecule has 150 valence electrons. The number of aromatic nitrogens is 4. The van der Waals surface area contributed by atoms with Crippen molar-refractivity contribution < 1.29 is 28.2 Å². The molecule has 0 radical (unpaired) electrons. The number of hydrogen-bond donors (Lipinski definition) is 3. The molecule has 0 bridgehead atoms. The van der Waals surface area contributed by atoms with Gasteiger partial charge >= 0.3 is 6.18 Å². The van der Waals surface area contributed by atoms with E-state index in [1.54, 1.807) is 0 Å². The van der Waals surface area contributed by atoms with Gasteiger partial charge in [-0.2, -0.15) is 23.1 Å². The summed E-state index contributed by atoms with van der Waals surface area (Å²) in [6, 6.07) is 8.64. The number of rotatable bonds is 5. The number of nitrogens with one attached hydrogen (secondary N) is 1. The van der Waals surface area contributed by atoms with Gasteiger partial charge in [-0.15, -0.1) is 10.2 Å². The number of tetrazole rings is 1. The standard InChI is InChI=1S/C17H13F3N6O3/c18-17(19,20)12-5-1-3-10(7-12)16-23-25-26(24-16)9-14(28)22-21-8-11-4-2-6-13(27)15(11)29/h1-8,27,29H,9H2,(H,22,28)/b21-8+. The summed E-state index contributed by atoms with van der Waals surface area (Å²) in [4.78, 5) is 12.8. The molecular formula is C17H13F3N6O3. The van der Waals surface area contributed by atoms with Crippen molar-refractivity contribution in [1.82, 2.24) is 25.6 Å². The Kier molecular flexibility index (Phi) is 5.43. The molecule has 0 atom stereocenters. The van der Waals surface area contributed by atoms with Gasteiger partial charge in [-0.05, 0) is 29.5 Å². The topological polar surface area (TPSA) is 126 Å². The molecule has 9 nitrogen and oxygen atoms in total. The molecule has 0 spiro atoms. The van der Waals surface area contributed by atoms with Crippen molar-refractivity contribution >= 4 is 12.1 Å². The summed E-state index contributed by atoms with van der Waals surface area (Å²) in [5, 5.41) is 33.8. The summed E-state index contributed by atoms with van der Waals surface area (Å²) in [6.07, 6.45) is -3.39. The van der Waals surface area contributed by atoms with Crippen molar-refractivity contribution in [2.24, 2.45) is 5.10 Å². The summed E-state index contributed by atoms with van der Waals surface area (Å²) in [7, 11) is 0. The molecule has 2 aromatic carbocycles. The largest absolute Gasteiger partial charge is 0.504 e. The molecule has 0 fully saturated rings. The molecular weight excluding hydrogens is 393 g/mol. The lowest BCUT2D eigenvalue weighted by Crippen LogP contribution is -2.24. The van der Waals surface area contributed by atoms with E-state index in [0.29, 0.717) is 0 Å². The van der Waals surface area contributed by atoms with Crippen LogP contribution in [0.1, 0.15) is 11.1 Å². The first kappa shape index (κ1) is 19.8. The Balaban J connectivity index is 1.63. The highest BCUT2D eigenvalue weighted by Crippen LogP contribution is 2.31. The van der Waals surface area contributed by atoms with E-state index in [1.807, 2.05) is 0 Å². The SMILES string of the molecule is O=C(Cn1nnc(-c2cccc(C(F)(F)F)c2)n1)N/N=C/c1cccc(O)c1O. The molecule has 12 heteroatoms. The Hall–Kier alpha value is -3.96. The third-order valence-electron chi connectivity index (χ3n) is 3.62. The van der Waals surface area contributed by atoms with E-state index in [9.17, 15) is 28.2 Å². The zero-order valence-electron chi connectivity index (χ0n) is 14.5. The van der Waals surface area contributed by atoms with Crippen LogP contribution in [-0.2, 0) is 17.5 Å². The van der Waals surface area contributed by atoms with Gasteiger partial charge in [-0.25, -0.2) is 5.43 Å². The number of carbonyl (C=O) groups excluding carboxylic acids is 1. The van der Waals surface area contributed by atoms with Gasteiger partial charge < -0.3 is 10.2 Å². The predicted molar refractivity (Wildman–Crippen MR) is 93.8 cm³/mol. The maximum Gasteiger partial charge on any atom is 0.416 e. The van der Waals surface area contributed by atoms with E-state index in [-0.39, 0.29) is 22.7 Å². The number of alkyl halides is 3. The van der Waals surface area contributed by atoms with Crippen molar-refractivity contribution in [2.45, 2.75) is 12.7 Å². The number of phenolic OH excluding ortho intramolecular Hbond substituents is 2. The van der Waals surface area contributed by atoms with Crippen molar-refractivity contribution in [2.75, 3.05) is 0 Å². The second-order valence-corrected chi connectivity index (χ2v) is 5.73. The number of phenols is 2. The van der Waals surface area contributed by atoms with E-state index in [2.05, 4.69) is 25.9 Å². The first-order chi connectivity index (χ1) is 13.7. The second kappa shape index (κ2) is 7.96. The minimum Gasteiger partial charge on any atom is -0.504 e. The number of amides is 1. The van der Waals surface area contributed by atoms with Crippen LogP contribution in [0.3, 0.4) is 0 Å². The zero-order chi connectivity index (χ0) is 21.0. The fourth-order valence-corrected chi connectivity index (χ4v) is 2.25. The Morgan fingerprint density at radius 1 is 1.21 bits per heavy atom. The van der Waals surface area contributed by atoms with Gasteiger partial charge in [-0.3, -0.25) is 4.79 Å². The van der Waals surface area contributed by atoms with E-state index in [1.165, 1.54) is 30.3 Å². The van der Waals surface area contributed by atoms with Gasteiger partial charge in [0.15, 0.2) is 11.5 Å². The van der Waals surface area contributed by atoms with E-state index in [0.717, 1.165) is 23.1 Å². The van der Waals surface area contributed by atoms with Crippen molar-refractivity contribution in [3.63, 3.8) is 0 Å². The van der Waals surface area contributed by atoms with Crippen LogP contribution in [0, 0.1) is 0 Å². The maximum atomic E-state index is 12.8. The number of halogens is 3. The number of para-hydroxylation sites is 1. The molecule has 1 aromatic heterocycles. The van der Waals surface area contributed by atoms with E-state index < -0.39 is 29.9 Å². The average molecular weight is 406 g/mol.